The first kappa shape index (κ1) is 21.9. The summed E-state index contributed by atoms with van der Waals surface area (Å²) < 4.78 is 47.5. The van der Waals surface area contributed by atoms with Crippen molar-refractivity contribution >= 4 is 17.5 Å². The number of alkyl halides is 3. The van der Waals surface area contributed by atoms with Crippen LogP contribution in [0.3, 0.4) is 0 Å². The van der Waals surface area contributed by atoms with Crippen LogP contribution in [-0.2, 0) is 19.6 Å². The molecule has 10 heteroatoms. The van der Waals surface area contributed by atoms with Crippen LogP contribution in [0, 0.1) is 6.92 Å². The SMILES string of the molecule is Cc1oc(C(N)=O)c([C@@H](CN)Cc2ccccc2C(F)(F)F)c1-c1c(Cl)cnn1C. The molecule has 0 aliphatic carbocycles. The van der Waals surface area contributed by atoms with Crippen LogP contribution in [0.5, 0.6) is 0 Å². The molecule has 6 nitrogen and oxygen atoms in total. The highest BCUT2D eigenvalue weighted by Gasteiger charge is 2.35. The van der Waals surface area contributed by atoms with E-state index in [9.17, 15) is 18.0 Å². The number of hydrogen-bond donors (Lipinski definition) is 2. The minimum atomic E-state index is -4.53. The van der Waals surface area contributed by atoms with E-state index in [1.807, 2.05) is 0 Å². The molecule has 4 N–H and O–H groups in total. The summed E-state index contributed by atoms with van der Waals surface area (Å²) in [6.45, 7) is 1.57. The summed E-state index contributed by atoms with van der Waals surface area (Å²) in [6, 6.07) is 5.24. The number of nitrogens with zero attached hydrogens (tertiary/aromatic N) is 2. The molecule has 30 heavy (non-hydrogen) atoms. The van der Waals surface area contributed by atoms with Crippen LogP contribution in [0.15, 0.2) is 34.9 Å². The van der Waals surface area contributed by atoms with E-state index >= 15 is 0 Å². The zero-order valence-electron chi connectivity index (χ0n) is 16.3. The molecule has 3 rings (SSSR count). The minimum Gasteiger partial charge on any atom is -0.455 e. The van der Waals surface area contributed by atoms with Gasteiger partial charge in [-0.25, -0.2) is 0 Å². The molecule has 0 spiro atoms. The lowest BCUT2D eigenvalue weighted by atomic mass is 9.86. The molecule has 1 aromatic carbocycles. The molecule has 0 aliphatic rings. The molecule has 0 radical (unpaired) electrons. The number of hydrogen-bond acceptors (Lipinski definition) is 4. The van der Waals surface area contributed by atoms with E-state index in [4.69, 9.17) is 27.5 Å². The normalized spacial score (nSPS) is 12.9. The fraction of sp³-hybridized carbons (Fsp3) is 0.300. The third-order valence-electron chi connectivity index (χ3n) is 4.96. The number of rotatable bonds is 6. The van der Waals surface area contributed by atoms with Gasteiger partial charge >= 0.3 is 6.18 Å². The molecule has 0 saturated heterocycles. The molecular weight excluding hydrogens is 421 g/mol. The summed E-state index contributed by atoms with van der Waals surface area (Å²) in [5.41, 5.74) is 12.0. The van der Waals surface area contributed by atoms with Crippen molar-refractivity contribution in [2.75, 3.05) is 6.54 Å². The third kappa shape index (κ3) is 3.95. The minimum absolute atomic E-state index is 0.0477. The van der Waals surface area contributed by atoms with Crippen molar-refractivity contribution in [1.29, 1.82) is 0 Å². The van der Waals surface area contributed by atoms with E-state index in [2.05, 4.69) is 5.10 Å². The Morgan fingerprint density at radius 3 is 2.53 bits per heavy atom. The number of aromatic nitrogens is 2. The Bertz CT molecular complexity index is 1070. The van der Waals surface area contributed by atoms with E-state index in [-0.39, 0.29) is 24.3 Å². The molecule has 0 saturated carbocycles. The number of carbonyl (C=O) groups excluding carboxylic acids is 1. The Balaban J connectivity index is 2.20. The molecular formula is C20H20ClF3N4O2. The largest absolute Gasteiger partial charge is 0.455 e. The summed E-state index contributed by atoms with van der Waals surface area (Å²) in [7, 11) is 1.65. The maximum Gasteiger partial charge on any atom is 0.416 e. The summed E-state index contributed by atoms with van der Waals surface area (Å²) >= 11 is 6.28. The average molecular weight is 441 g/mol. The van der Waals surface area contributed by atoms with Crippen molar-refractivity contribution in [3.05, 3.63) is 63.7 Å². The molecule has 2 aromatic heterocycles. The highest BCUT2D eigenvalue weighted by Crippen LogP contribution is 2.42. The summed E-state index contributed by atoms with van der Waals surface area (Å²) in [5, 5.41) is 4.39. The quantitative estimate of drug-likeness (QED) is 0.604. The monoisotopic (exact) mass is 440 g/mol. The van der Waals surface area contributed by atoms with Gasteiger partial charge in [-0.15, -0.1) is 0 Å². The van der Waals surface area contributed by atoms with Gasteiger partial charge in [-0.3, -0.25) is 9.48 Å². The molecule has 1 amide bonds. The van der Waals surface area contributed by atoms with Crippen molar-refractivity contribution in [2.24, 2.45) is 18.5 Å². The lowest BCUT2D eigenvalue weighted by molar-refractivity contribution is -0.138. The maximum absolute atomic E-state index is 13.5. The lowest BCUT2D eigenvalue weighted by Gasteiger charge is -2.20. The first-order valence-corrected chi connectivity index (χ1v) is 9.40. The molecule has 0 fully saturated rings. The molecule has 2 heterocycles. The topological polar surface area (TPSA) is 100 Å². The highest BCUT2D eigenvalue weighted by molar-refractivity contribution is 6.33. The van der Waals surface area contributed by atoms with E-state index in [0.29, 0.717) is 27.6 Å². The van der Waals surface area contributed by atoms with Gasteiger partial charge in [0.25, 0.3) is 5.91 Å². The smallest absolute Gasteiger partial charge is 0.416 e. The second kappa shape index (κ2) is 8.16. The van der Waals surface area contributed by atoms with Gasteiger partial charge in [-0.1, -0.05) is 29.8 Å². The van der Waals surface area contributed by atoms with Gasteiger partial charge in [0.15, 0.2) is 5.76 Å². The van der Waals surface area contributed by atoms with Gasteiger partial charge in [-0.2, -0.15) is 18.3 Å². The number of primary amides is 1. The van der Waals surface area contributed by atoms with E-state index in [1.54, 1.807) is 14.0 Å². The van der Waals surface area contributed by atoms with E-state index < -0.39 is 23.6 Å². The highest BCUT2D eigenvalue weighted by atomic mass is 35.5. The average Bonchev–Trinajstić information content (AvgIpc) is 3.18. The molecule has 0 unspecified atom stereocenters. The molecule has 160 valence electrons. The Morgan fingerprint density at radius 2 is 2.00 bits per heavy atom. The Labute approximate surface area is 175 Å². The van der Waals surface area contributed by atoms with Crippen LogP contribution in [0.2, 0.25) is 5.02 Å². The summed E-state index contributed by atoms with van der Waals surface area (Å²) in [6.07, 6.45) is -3.18. The van der Waals surface area contributed by atoms with Crippen molar-refractivity contribution in [2.45, 2.75) is 25.4 Å². The lowest BCUT2D eigenvalue weighted by Crippen LogP contribution is -2.22. The van der Waals surface area contributed by atoms with Crippen molar-refractivity contribution < 1.29 is 22.4 Å². The fourth-order valence-corrected chi connectivity index (χ4v) is 3.93. The Kier molecular flexibility index (Phi) is 5.96. The number of benzene rings is 1. The summed E-state index contributed by atoms with van der Waals surface area (Å²) in [4.78, 5) is 12.1. The first-order valence-electron chi connectivity index (χ1n) is 9.02. The zero-order chi connectivity index (χ0) is 22.2. The van der Waals surface area contributed by atoms with Crippen molar-refractivity contribution in [3.8, 4) is 11.3 Å². The molecule has 3 aromatic rings. The molecule has 0 aliphatic heterocycles. The number of carbonyl (C=O) groups is 1. The molecule has 0 bridgehead atoms. The number of aryl methyl sites for hydroxylation is 2. The predicted octanol–water partition coefficient (Wildman–Crippen LogP) is 4.04. The second-order valence-corrected chi connectivity index (χ2v) is 7.30. The van der Waals surface area contributed by atoms with E-state index in [1.165, 1.54) is 29.1 Å². The van der Waals surface area contributed by atoms with Gasteiger partial charge in [-0.05, 0) is 31.5 Å². The van der Waals surface area contributed by atoms with Crippen LogP contribution >= 0.6 is 11.6 Å². The number of nitrogens with two attached hydrogens (primary N) is 2. The maximum atomic E-state index is 13.5. The number of furan rings is 1. The van der Waals surface area contributed by atoms with Crippen LogP contribution in [0.4, 0.5) is 13.2 Å². The van der Waals surface area contributed by atoms with Crippen LogP contribution in [0.1, 0.15) is 38.9 Å². The standard InChI is InChI=1S/C20H20ClF3N4O2/c1-10-15(17-14(21)9-27-28(17)2)16(18(30-10)19(26)29)12(8-25)7-11-5-3-4-6-13(11)20(22,23)24/h3-6,9,12H,7-8,25H2,1-2H3,(H2,26,29)/t12-/m1/s1. The second-order valence-electron chi connectivity index (χ2n) is 6.90. The Hall–Kier alpha value is -2.78. The van der Waals surface area contributed by atoms with Gasteiger partial charge in [0, 0.05) is 24.1 Å². The number of amides is 1. The van der Waals surface area contributed by atoms with Crippen LogP contribution in [-0.4, -0.2) is 22.2 Å². The van der Waals surface area contributed by atoms with Crippen molar-refractivity contribution in [3.63, 3.8) is 0 Å². The van der Waals surface area contributed by atoms with E-state index in [0.717, 1.165) is 6.07 Å². The number of halogens is 4. The Morgan fingerprint density at radius 1 is 1.33 bits per heavy atom. The fourth-order valence-electron chi connectivity index (χ4n) is 3.66. The first-order chi connectivity index (χ1) is 14.1. The zero-order valence-corrected chi connectivity index (χ0v) is 17.0. The summed E-state index contributed by atoms with van der Waals surface area (Å²) in [5.74, 6) is -1.35. The van der Waals surface area contributed by atoms with Gasteiger partial charge in [0.05, 0.1) is 22.5 Å². The van der Waals surface area contributed by atoms with Gasteiger partial charge < -0.3 is 15.9 Å². The van der Waals surface area contributed by atoms with Crippen LogP contribution in [0.25, 0.3) is 11.3 Å². The van der Waals surface area contributed by atoms with Crippen LogP contribution < -0.4 is 11.5 Å². The van der Waals surface area contributed by atoms with Gasteiger partial charge in [0.2, 0.25) is 0 Å². The predicted molar refractivity (Wildman–Crippen MR) is 106 cm³/mol. The molecule has 1 atom stereocenters. The third-order valence-corrected chi connectivity index (χ3v) is 5.23. The van der Waals surface area contributed by atoms with Gasteiger partial charge in [0.1, 0.15) is 5.76 Å². The van der Waals surface area contributed by atoms with Crippen molar-refractivity contribution in [1.82, 2.24) is 9.78 Å².